The largest absolute Gasteiger partial charge is 0.489 e. The van der Waals surface area contributed by atoms with Crippen LogP contribution in [0.15, 0.2) is 60.7 Å². The number of aromatic nitrogens is 2. The van der Waals surface area contributed by atoms with E-state index in [9.17, 15) is 0 Å². The number of nitriles is 2. The number of benzene rings is 2. The molecular weight excluding hydrogens is 472 g/mol. The van der Waals surface area contributed by atoms with Crippen molar-refractivity contribution in [2.45, 2.75) is 0 Å². The minimum atomic E-state index is 0.352. The zero-order valence-corrected chi connectivity index (χ0v) is 20.3. The Labute approximate surface area is 214 Å². The van der Waals surface area contributed by atoms with Crippen LogP contribution in [0.3, 0.4) is 0 Å². The molecule has 9 nitrogen and oxygen atoms in total. The number of hydrogen-bond donors (Lipinski definition) is 0. The van der Waals surface area contributed by atoms with Crippen LogP contribution < -0.4 is 9.47 Å². The number of pyridine rings is 2. The number of fused-ring (bicyclic) bond motifs is 2. The summed E-state index contributed by atoms with van der Waals surface area (Å²) in [6, 6.07) is 22.5. The molecule has 0 aliphatic heterocycles. The maximum atomic E-state index is 9.06. The van der Waals surface area contributed by atoms with Crippen molar-refractivity contribution < 1.29 is 23.7 Å². The Morgan fingerprint density at radius 2 is 0.919 bits per heavy atom. The van der Waals surface area contributed by atoms with Crippen LogP contribution in [0.25, 0.3) is 21.8 Å². The molecule has 2 heterocycles. The van der Waals surface area contributed by atoms with Crippen molar-refractivity contribution in [2.24, 2.45) is 0 Å². The molecule has 4 rings (SSSR count). The Morgan fingerprint density at radius 3 is 1.32 bits per heavy atom. The quantitative estimate of drug-likeness (QED) is 0.237. The Bertz CT molecular complexity index is 1310. The molecule has 0 aliphatic rings. The molecule has 0 spiro atoms. The van der Waals surface area contributed by atoms with Gasteiger partial charge in [-0.1, -0.05) is 24.3 Å². The van der Waals surface area contributed by atoms with Crippen LogP contribution in [0.4, 0.5) is 0 Å². The van der Waals surface area contributed by atoms with Gasteiger partial charge in [-0.2, -0.15) is 10.5 Å². The van der Waals surface area contributed by atoms with Gasteiger partial charge in [0.1, 0.15) is 59.3 Å². The Hall–Kier alpha value is -4.28. The second kappa shape index (κ2) is 13.7. The van der Waals surface area contributed by atoms with E-state index in [-0.39, 0.29) is 0 Å². The van der Waals surface area contributed by atoms with Crippen molar-refractivity contribution in [3.05, 3.63) is 72.1 Å². The van der Waals surface area contributed by atoms with E-state index in [2.05, 4.69) is 9.97 Å². The second-order valence-electron chi connectivity index (χ2n) is 7.81. The van der Waals surface area contributed by atoms with Crippen molar-refractivity contribution in [3.8, 4) is 23.6 Å². The van der Waals surface area contributed by atoms with Crippen LogP contribution in [-0.2, 0) is 14.2 Å². The van der Waals surface area contributed by atoms with Crippen LogP contribution in [0.5, 0.6) is 11.5 Å². The van der Waals surface area contributed by atoms with E-state index in [0.717, 1.165) is 10.8 Å². The zero-order valence-electron chi connectivity index (χ0n) is 20.3. The fourth-order valence-corrected chi connectivity index (χ4v) is 3.56. The molecule has 0 radical (unpaired) electrons. The minimum Gasteiger partial charge on any atom is -0.489 e. The average Bonchev–Trinajstić information content (AvgIpc) is 2.95. The molecule has 37 heavy (non-hydrogen) atoms. The van der Waals surface area contributed by atoms with Gasteiger partial charge in [0.05, 0.1) is 39.6 Å². The van der Waals surface area contributed by atoms with Gasteiger partial charge in [0.25, 0.3) is 0 Å². The summed E-state index contributed by atoms with van der Waals surface area (Å²) in [7, 11) is 0. The molecule has 0 aliphatic carbocycles. The first-order chi connectivity index (χ1) is 18.3. The summed E-state index contributed by atoms with van der Waals surface area (Å²) in [5.74, 6) is 1.25. The van der Waals surface area contributed by atoms with Gasteiger partial charge in [-0.25, -0.2) is 9.97 Å². The van der Waals surface area contributed by atoms with Crippen molar-refractivity contribution >= 4 is 21.8 Å². The molecule has 9 heteroatoms. The number of rotatable bonds is 14. The molecule has 0 bridgehead atoms. The summed E-state index contributed by atoms with van der Waals surface area (Å²) in [5, 5.41) is 19.9. The van der Waals surface area contributed by atoms with Crippen LogP contribution in [0.2, 0.25) is 0 Å². The molecule has 2 aromatic heterocycles. The minimum absolute atomic E-state index is 0.352. The lowest BCUT2D eigenvalue weighted by Crippen LogP contribution is -2.14. The van der Waals surface area contributed by atoms with E-state index in [1.54, 1.807) is 12.1 Å². The number of hydrogen-bond acceptors (Lipinski definition) is 9. The molecule has 0 amide bonds. The van der Waals surface area contributed by atoms with E-state index >= 15 is 0 Å². The summed E-state index contributed by atoms with van der Waals surface area (Å²) in [6.07, 6.45) is 0. The second-order valence-corrected chi connectivity index (χ2v) is 7.81. The Kier molecular flexibility index (Phi) is 9.56. The summed E-state index contributed by atoms with van der Waals surface area (Å²) >= 11 is 0. The highest BCUT2D eigenvalue weighted by molar-refractivity contribution is 5.85. The standard InChI is InChI=1S/C28H26N4O5/c29-19-23-9-7-21-3-1-5-25(27(21)31-23)36-17-15-34-13-11-33-12-14-35-16-18-37-26-6-2-4-22-8-10-24(20-30)32-28(22)26/h1-10H,11-18H2. The van der Waals surface area contributed by atoms with Crippen LogP contribution in [0.1, 0.15) is 11.4 Å². The molecule has 0 saturated heterocycles. The molecule has 188 valence electrons. The number of nitrogens with zero attached hydrogens (tertiary/aromatic N) is 4. The molecule has 0 unspecified atom stereocenters. The van der Waals surface area contributed by atoms with Crippen molar-refractivity contribution in [2.75, 3.05) is 52.9 Å². The van der Waals surface area contributed by atoms with E-state index in [1.165, 1.54) is 0 Å². The maximum absolute atomic E-state index is 9.06. The summed E-state index contributed by atoms with van der Waals surface area (Å²) in [4.78, 5) is 8.65. The van der Waals surface area contributed by atoms with Gasteiger partial charge in [-0.15, -0.1) is 0 Å². The van der Waals surface area contributed by atoms with Crippen LogP contribution >= 0.6 is 0 Å². The van der Waals surface area contributed by atoms with Gasteiger partial charge in [-0.05, 0) is 36.4 Å². The molecule has 0 atom stereocenters. The lowest BCUT2D eigenvalue weighted by molar-refractivity contribution is 0.00510. The first-order valence-corrected chi connectivity index (χ1v) is 11.9. The van der Waals surface area contributed by atoms with Crippen molar-refractivity contribution in [3.63, 3.8) is 0 Å². The zero-order chi connectivity index (χ0) is 25.7. The highest BCUT2D eigenvalue weighted by atomic mass is 16.6. The summed E-state index contributed by atoms with van der Waals surface area (Å²) in [6.45, 7) is 3.33. The van der Waals surface area contributed by atoms with Gasteiger partial charge in [0, 0.05) is 10.8 Å². The van der Waals surface area contributed by atoms with Gasteiger partial charge in [0.15, 0.2) is 0 Å². The lowest BCUT2D eigenvalue weighted by Gasteiger charge is -2.10. The molecule has 4 aromatic rings. The van der Waals surface area contributed by atoms with Crippen molar-refractivity contribution in [1.29, 1.82) is 10.5 Å². The number of ether oxygens (including phenoxy) is 5. The summed E-state index contributed by atoms with van der Waals surface area (Å²) in [5.41, 5.74) is 2.03. The SMILES string of the molecule is N#Cc1ccc2cccc(OCCOCCOCCOCCOc3cccc4ccc(C#N)nc34)c2n1. The third-order valence-corrected chi connectivity index (χ3v) is 5.31. The molecular formula is C28H26N4O5. The van der Waals surface area contributed by atoms with Gasteiger partial charge < -0.3 is 23.7 Å². The van der Waals surface area contributed by atoms with Gasteiger partial charge in [0.2, 0.25) is 0 Å². The third-order valence-electron chi connectivity index (χ3n) is 5.31. The fraction of sp³-hybridized carbons (Fsp3) is 0.286. The topological polar surface area (TPSA) is 120 Å². The van der Waals surface area contributed by atoms with Gasteiger partial charge >= 0.3 is 0 Å². The number of para-hydroxylation sites is 2. The first kappa shape index (κ1) is 25.8. The first-order valence-electron chi connectivity index (χ1n) is 11.9. The molecule has 0 N–H and O–H groups in total. The Morgan fingerprint density at radius 1 is 0.514 bits per heavy atom. The normalized spacial score (nSPS) is 10.8. The van der Waals surface area contributed by atoms with E-state index < -0.39 is 0 Å². The highest BCUT2D eigenvalue weighted by Gasteiger charge is 2.06. The third kappa shape index (κ3) is 7.35. The van der Waals surface area contributed by atoms with Crippen LogP contribution in [-0.4, -0.2) is 62.8 Å². The fourth-order valence-electron chi connectivity index (χ4n) is 3.56. The summed E-state index contributed by atoms with van der Waals surface area (Å²) < 4.78 is 28.2. The molecule has 0 fully saturated rings. The van der Waals surface area contributed by atoms with E-state index in [1.807, 2.05) is 60.7 Å². The monoisotopic (exact) mass is 498 g/mol. The predicted octanol–water partition coefficient (Wildman–Crippen LogP) is 4.03. The predicted molar refractivity (Wildman–Crippen MR) is 136 cm³/mol. The van der Waals surface area contributed by atoms with Gasteiger partial charge in [-0.3, -0.25) is 0 Å². The highest BCUT2D eigenvalue weighted by Crippen LogP contribution is 2.24. The molecule has 0 saturated carbocycles. The lowest BCUT2D eigenvalue weighted by atomic mass is 10.2. The molecule has 2 aromatic carbocycles. The Balaban J connectivity index is 1.04. The van der Waals surface area contributed by atoms with Crippen molar-refractivity contribution in [1.82, 2.24) is 9.97 Å². The maximum Gasteiger partial charge on any atom is 0.145 e. The van der Waals surface area contributed by atoms with E-state index in [4.69, 9.17) is 34.2 Å². The van der Waals surface area contributed by atoms with E-state index in [0.29, 0.717) is 86.8 Å². The smallest absolute Gasteiger partial charge is 0.145 e. The van der Waals surface area contributed by atoms with Crippen LogP contribution in [0, 0.1) is 22.7 Å². The average molecular weight is 499 g/mol.